The lowest BCUT2D eigenvalue weighted by Gasteiger charge is -2.16. The van der Waals surface area contributed by atoms with Crippen LogP contribution in [0.3, 0.4) is 0 Å². The monoisotopic (exact) mass is 237 g/mol. The van der Waals surface area contributed by atoms with Gasteiger partial charge in [0.15, 0.2) is 0 Å². The number of hydrogen-bond acceptors (Lipinski definition) is 4. The third-order valence-electron chi connectivity index (χ3n) is 1.97. The van der Waals surface area contributed by atoms with E-state index in [1.807, 2.05) is 18.6 Å². The number of hydrogen-bond donors (Lipinski definition) is 1. The average molecular weight is 237 g/mol. The summed E-state index contributed by atoms with van der Waals surface area (Å²) in [5.74, 6) is -0.889. The van der Waals surface area contributed by atoms with Gasteiger partial charge in [-0.3, -0.25) is 8.98 Å². The summed E-state index contributed by atoms with van der Waals surface area (Å²) in [6.45, 7) is 8.53. The molecular formula is C9H19NO4S. The fourth-order valence-electron chi connectivity index (χ4n) is 0.576. The van der Waals surface area contributed by atoms with Gasteiger partial charge in [0.05, 0.1) is 6.10 Å². The second-order valence-electron chi connectivity index (χ2n) is 4.12. The summed E-state index contributed by atoms with van der Waals surface area (Å²) < 4.78 is 29.2. The average Bonchev–Trinajstić information content (AvgIpc) is 2.01. The standard InChI is InChI=1S/C9H19NO4S/c1-6(2)8(5)14-15(12,13)10-9(11)7(3)4/h6-8H,1-5H3,(H,10,11)/t8-/m1/s1. The van der Waals surface area contributed by atoms with E-state index in [0.29, 0.717) is 0 Å². The van der Waals surface area contributed by atoms with E-state index in [-0.39, 0.29) is 5.92 Å². The number of nitrogens with one attached hydrogen (secondary N) is 1. The fourth-order valence-corrected chi connectivity index (χ4v) is 1.73. The topological polar surface area (TPSA) is 72.5 Å². The molecule has 0 aromatic rings. The van der Waals surface area contributed by atoms with Crippen LogP contribution >= 0.6 is 0 Å². The van der Waals surface area contributed by atoms with Crippen LogP contribution in [0.2, 0.25) is 0 Å². The van der Waals surface area contributed by atoms with Crippen molar-refractivity contribution in [3.05, 3.63) is 0 Å². The van der Waals surface area contributed by atoms with Gasteiger partial charge in [-0.15, -0.1) is 0 Å². The van der Waals surface area contributed by atoms with E-state index >= 15 is 0 Å². The molecule has 6 heteroatoms. The van der Waals surface area contributed by atoms with E-state index in [1.54, 1.807) is 20.8 Å². The first-order valence-corrected chi connectivity index (χ1v) is 6.31. The molecule has 0 fully saturated rings. The molecule has 0 aromatic heterocycles. The van der Waals surface area contributed by atoms with E-state index in [2.05, 4.69) is 0 Å². The van der Waals surface area contributed by atoms with E-state index in [4.69, 9.17) is 4.18 Å². The Labute approximate surface area is 91.5 Å². The van der Waals surface area contributed by atoms with Gasteiger partial charge in [-0.05, 0) is 12.8 Å². The zero-order valence-corrected chi connectivity index (χ0v) is 10.6. The first-order valence-electron chi connectivity index (χ1n) is 4.90. The minimum Gasteiger partial charge on any atom is -0.274 e. The molecular weight excluding hydrogens is 218 g/mol. The summed E-state index contributed by atoms with van der Waals surface area (Å²) >= 11 is 0. The number of carbonyl (C=O) groups is 1. The number of rotatable bonds is 5. The summed E-state index contributed by atoms with van der Waals surface area (Å²) in [5, 5.41) is 0. The Morgan fingerprint density at radius 1 is 1.13 bits per heavy atom. The van der Waals surface area contributed by atoms with Crippen molar-refractivity contribution >= 4 is 16.2 Å². The minimum absolute atomic E-state index is 0.0655. The predicted molar refractivity (Wildman–Crippen MR) is 57.3 cm³/mol. The van der Waals surface area contributed by atoms with Crippen molar-refractivity contribution in [1.29, 1.82) is 0 Å². The molecule has 0 unspecified atom stereocenters. The van der Waals surface area contributed by atoms with Crippen LogP contribution < -0.4 is 4.72 Å². The van der Waals surface area contributed by atoms with Crippen molar-refractivity contribution in [1.82, 2.24) is 4.72 Å². The maximum atomic E-state index is 11.3. The molecule has 0 aliphatic heterocycles. The molecule has 0 aliphatic rings. The first-order chi connectivity index (χ1) is 6.65. The van der Waals surface area contributed by atoms with Crippen LogP contribution in [0.4, 0.5) is 0 Å². The second kappa shape index (κ2) is 5.46. The van der Waals surface area contributed by atoms with Crippen molar-refractivity contribution in [3.63, 3.8) is 0 Å². The molecule has 0 heterocycles. The third kappa shape index (κ3) is 5.74. The Morgan fingerprint density at radius 3 is 1.93 bits per heavy atom. The molecule has 1 atom stereocenters. The summed E-state index contributed by atoms with van der Waals surface area (Å²) in [6, 6.07) is 0. The van der Waals surface area contributed by atoms with Crippen LogP contribution in [0.5, 0.6) is 0 Å². The van der Waals surface area contributed by atoms with Crippen molar-refractivity contribution in [2.75, 3.05) is 0 Å². The molecule has 1 amide bonds. The zero-order valence-electron chi connectivity index (χ0n) is 9.77. The van der Waals surface area contributed by atoms with Gasteiger partial charge >= 0.3 is 10.3 Å². The van der Waals surface area contributed by atoms with Gasteiger partial charge in [0.1, 0.15) is 0 Å². The maximum Gasteiger partial charge on any atom is 0.362 e. The Balaban J connectivity index is 4.39. The van der Waals surface area contributed by atoms with E-state index in [0.717, 1.165) is 0 Å². The Kier molecular flexibility index (Phi) is 5.23. The summed E-state index contributed by atoms with van der Waals surface area (Å²) in [6.07, 6.45) is -0.456. The van der Waals surface area contributed by atoms with Crippen LogP contribution in [0, 0.1) is 11.8 Å². The fraction of sp³-hybridized carbons (Fsp3) is 0.889. The van der Waals surface area contributed by atoms with Crippen molar-refractivity contribution in [2.45, 2.75) is 40.7 Å². The molecule has 1 N–H and O–H groups in total. The molecule has 0 rings (SSSR count). The van der Waals surface area contributed by atoms with Crippen LogP contribution in [0.25, 0.3) is 0 Å². The molecule has 0 bridgehead atoms. The smallest absolute Gasteiger partial charge is 0.274 e. The van der Waals surface area contributed by atoms with E-state index < -0.39 is 28.2 Å². The van der Waals surface area contributed by atoms with Gasteiger partial charge in [-0.1, -0.05) is 27.7 Å². The SMILES string of the molecule is CC(C)C(=O)NS(=O)(=O)O[C@H](C)C(C)C. The summed E-state index contributed by atoms with van der Waals surface area (Å²) in [7, 11) is -3.97. The van der Waals surface area contributed by atoms with Crippen molar-refractivity contribution in [3.8, 4) is 0 Å². The molecule has 0 spiro atoms. The lowest BCUT2D eigenvalue weighted by molar-refractivity contribution is -0.122. The molecule has 0 aliphatic carbocycles. The summed E-state index contributed by atoms with van der Waals surface area (Å²) in [5.41, 5.74) is 0. The Bertz CT molecular complexity index is 308. The zero-order chi connectivity index (χ0) is 12.2. The van der Waals surface area contributed by atoms with Crippen molar-refractivity contribution < 1.29 is 17.4 Å². The molecule has 5 nitrogen and oxygen atoms in total. The lowest BCUT2D eigenvalue weighted by atomic mass is 10.1. The third-order valence-corrected chi connectivity index (χ3v) is 2.98. The highest BCUT2D eigenvalue weighted by atomic mass is 32.2. The summed E-state index contributed by atoms with van der Waals surface area (Å²) in [4.78, 5) is 11.1. The minimum atomic E-state index is -3.97. The molecule has 0 radical (unpaired) electrons. The Morgan fingerprint density at radius 2 is 1.60 bits per heavy atom. The molecule has 0 saturated carbocycles. The van der Waals surface area contributed by atoms with Gasteiger partial charge in [-0.25, -0.2) is 4.72 Å². The lowest BCUT2D eigenvalue weighted by Crippen LogP contribution is -2.37. The van der Waals surface area contributed by atoms with Crippen LogP contribution in [-0.2, 0) is 19.3 Å². The molecule has 0 saturated heterocycles. The molecule has 15 heavy (non-hydrogen) atoms. The van der Waals surface area contributed by atoms with E-state index in [1.165, 1.54) is 0 Å². The van der Waals surface area contributed by atoms with E-state index in [9.17, 15) is 13.2 Å². The quantitative estimate of drug-likeness (QED) is 0.776. The number of amides is 1. The van der Waals surface area contributed by atoms with Gasteiger partial charge in [0.25, 0.3) is 0 Å². The van der Waals surface area contributed by atoms with Gasteiger partial charge in [0, 0.05) is 5.92 Å². The maximum absolute atomic E-state index is 11.3. The van der Waals surface area contributed by atoms with Crippen molar-refractivity contribution in [2.24, 2.45) is 11.8 Å². The van der Waals surface area contributed by atoms with Gasteiger partial charge in [-0.2, -0.15) is 8.42 Å². The van der Waals surface area contributed by atoms with Crippen LogP contribution in [0.1, 0.15) is 34.6 Å². The van der Waals surface area contributed by atoms with Gasteiger partial charge in [0.2, 0.25) is 5.91 Å². The largest absolute Gasteiger partial charge is 0.362 e. The normalized spacial score (nSPS) is 14.3. The highest BCUT2D eigenvalue weighted by Crippen LogP contribution is 2.08. The molecule has 90 valence electrons. The Hall–Kier alpha value is -0.620. The van der Waals surface area contributed by atoms with Crippen LogP contribution in [-0.4, -0.2) is 20.4 Å². The van der Waals surface area contributed by atoms with Gasteiger partial charge < -0.3 is 0 Å². The first kappa shape index (κ1) is 14.4. The second-order valence-corrected chi connectivity index (χ2v) is 5.43. The number of carbonyl (C=O) groups excluding carboxylic acids is 1. The highest BCUT2D eigenvalue weighted by molar-refractivity contribution is 7.85. The molecule has 0 aromatic carbocycles. The highest BCUT2D eigenvalue weighted by Gasteiger charge is 2.21. The van der Waals surface area contributed by atoms with Crippen LogP contribution in [0.15, 0.2) is 0 Å². The predicted octanol–water partition coefficient (Wildman–Crippen LogP) is 1.06.